The minimum Gasteiger partial charge on any atom is -0.316 e. The van der Waals surface area contributed by atoms with Crippen LogP contribution in [-0.2, 0) is 17.6 Å². The highest BCUT2D eigenvalue weighted by Gasteiger charge is 2.27. The van der Waals surface area contributed by atoms with Crippen molar-refractivity contribution in [2.45, 2.75) is 58.3 Å². The Morgan fingerprint density at radius 2 is 1.66 bits per heavy atom. The number of amides is 1. The minimum atomic E-state index is 0.00320. The van der Waals surface area contributed by atoms with Gasteiger partial charge in [0.05, 0.1) is 12.1 Å². The lowest BCUT2D eigenvalue weighted by Gasteiger charge is -2.19. The van der Waals surface area contributed by atoms with Crippen LogP contribution in [0.15, 0.2) is 24.3 Å². The van der Waals surface area contributed by atoms with Gasteiger partial charge in [0, 0.05) is 10.4 Å². The topological polar surface area (TPSA) is 49.4 Å². The van der Waals surface area contributed by atoms with Crippen molar-refractivity contribution in [3.8, 4) is 0 Å². The molecule has 0 saturated carbocycles. The Morgan fingerprint density at radius 1 is 0.966 bits per heavy atom. The van der Waals surface area contributed by atoms with E-state index in [4.69, 9.17) is 0 Å². The molecule has 1 aliphatic heterocycles. The Hall–Kier alpha value is -1.98. The molecule has 4 nitrogen and oxygen atoms in total. The lowest BCUT2D eigenvalue weighted by atomic mass is 9.91. The number of benzene rings is 1. The van der Waals surface area contributed by atoms with Crippen LogP contribution in [0.25, 0.3) is 0 Å². The number of carbonyl (C=O) groups is 2. The van der Waals surface area contributed by atoms with E-state index in [1.165, 1.54) is 17.7 Å². The molecular weight excluding hydrogens is 380 g/mol. The fourth-order valence-corrected chi connectivity index (χ4v) is 5.71. The van der Waals surface area contributed by atoms with Gasteiger partial charge in [-0.05, 0) is 64.1 Å². The van der Waals surface area contributed by atoms with E-state index in [1.54, 1.807) is 11.3 Å². The summed E-state index contributed by atoms with van der Waals surface area (Å²) in [6, 6.07) is 7.74. The molecule has 1 fully saturated rings. The maximum Gasteiger partial charge on any atom is 0.239 e. The van der Waals surface area contributed by atoms with Crippen LogP contribution >= 0.6 is 11.3 Å². The molecule has 0 unspecified atom stereocenters. The van der Waals surface area contributed by atoms with Crippen molar-refractivity contribution in [3.05, 3.63) is 51.4 Å². The number of ketones is 1. The molecule has 2 heterocycles. The van der Waals surface area contributed by atoms with Gasteiger partial charge >= 0.3 is 0 Å². The average Bonchev–Trinajstić information content (AvgIpc) is 2.87. The second kappa shape index (κ2) is 9.23. The van der Waals surface area contributed by atoms with Gasteiger partial charge < -0.3 is 5.32 Å². The third-order valence-corrected chi connectivity index (χ3v) is 7.24. The number of likely N-dealkylation sites (tertiary alicyclic amines) is 1. The quantitative estimate of drug-likeness (QED) is 0.707. The van der Waals surface area contributed by atoms with Gasteiger partial charge in [-0.3, -0.25) is 14.5 Å². The molecule has 0 atom stereocenters. The molecule has 29 heavy (non-hydrogen) atoms. The fourth-order valence-electron chi connectivity index (χ4n) is 4.41. The number of aryl methyl sites for hydroxylation is 2. The largest absolute Gasteiger partial charge is 0.316 e. The molecule has 154 valence electrons. The van der Waals surface area contributed by atoms with Crippen LogP contribution in [-0.4, -0.2) is 36.2 Å². The highest BCUT2D eigenvalue weighted by atomic mass is 32.1. The third kappa shape index (κ3) is 4.78. The first-order chi connectivity index (χ1) is 14.1. The van der Waals surface area contributed by atoms with Gasteiger partial charge in [0.15, 0.2) is 5.78 Å². The molecule has 1 aromatic heterocycles. The van der Waals surface area contributed by atoms with Crippen LogP contribution in [0.5, 0.6) is 0 Å². The molecule has 0 spiro atoms. The van der Waals surface area contributed by atoms with E-state index in [0.29, 0.717) is 12.1 Å². The van der Waals surface area contributed by atoms with Crippen molar-refractivity contribution < 1.29 is 9.59 Å². The van der Waals surface area contributed by atoms with Crippen molar-refractivity contribution in [3.63, 3.8) is 0 Å². The number of thiophene rings is 1. The summed E-state index contributed by atoms with van der Waals surface area (Å²) in [4.78, 5) is 29.7. The maximum absolute atomic E-state index is 13.4. The SMILES string of the molecule is Cc1ccc(C(=O)c2c(NC(=O)CN3CCCCCC3)sc3c2CCCC3)cc1. The summed E-state index contributed by atoms with van der Waals surface area (Å²) in [7, 11) is 0. The Morgan fingerprint density at radius 3 is 2.38 bits per heavy atom. The molecular formula is C24H30N2O2S. The second-order valence-corrected chi connectivity index (χ2v) is 9.45. The molecule has 1 saturated heterocycles. The highest BCUT2D eigenvalue weighted by molar-refractivity contribution is 7.17. The number of rotatable bonds is 5. The van der Waals surface area contributed by atoms with Crippen LogP contribution in [0.2, 0.25) is 0 Å². The molecule has 2 aliphatic rings. The number of nitrogens with one attached hydrogen (secondary N) is 1. The van der Waals surface area contributed by atoms with Gasteiger partial charge in [-0.25, -0.2) is 0 Å². The van der Waals surface area contributed by atoms with Crippen LogP contribution in [0.1, 0.15) is 70.5 Å². The molecule has 1 aromatic carbocycles. The van der Waals surface area contributed by atoms with Gasteiger partial charge in [0.25, 0.3) is 0 Å². The van der Waals surface area contributed by atoms with E-state index >= 15 is 0 Å². The molecule has 0 radical (unpaired) electrons. The van der Waals surface area contributed by atoms with E-state index in [1.807, 2.05) is 31.2 Å². The van der Waals surface area contributed by atoms with Crippen molar-refractivity contribution in [2.24, 2.45) is 0 Å². The minimum absolute atomic E-state index is 0.00320. The Labute approximate surface area is 177 Å². The first-order valence-electron chi connectivity index (χ1n) is 10.9. The van der Waals surface area contributed by atoms with Crippen LogP contribution in [0, 0.1) is 6.92 Å². The molecule has 1 aliphatic carbocycles. The Kier molecular flexibility index (Phi) is 6.46. The van der Waals surface area contributed by atoms with Crippen LogP contribution in [0.4, 0.5) is 5.00 Å². The number of fused-ring (bicyclic) bond motifs is 1. The lowest BCUT2D eigenvalue weighted by molar-refractivity contribution is -0.117. The monoisotopic (exact) mass is 410 g/mol. The summed E-state index contributed by atoms with van der Waals surface area (Å²) in [5.74, 6) is 0.0397. The van der Waals surface area contributed by atoms with E-state index in [2.05, 4.69) is 10.2 Å². The summed E-state index contributed by atoms with van der Waals surface area (Å²) in [6.07, 6.45) is 9.05. The van der Waals surface area contributed by atoms with Crippen molar-refractivity contribution in [2.75, 3.05) is 25.0 Å². The molecule has 4 rings (SSSR count). The standard InChI is InChI=1S/C24H30N2O2S/c1-17-10-12-18(13-11-17)23(28)22-19-8-4-5-9-20(19)29-24(22)25-21(27)16-26-14-6-2-3-7-15-26/h10-13H,2-9,14-16H2,1H3,(H,25,27). The predicted molar refractivity (Wildman–Crippen MR) is 119 cm³/mol. The van der Waals surface area contributed by atoms with Crippen LogP contribution < -0.4 is 5.32 Å². The number of hydrogen-bond donors (Lipinski definition) is 1. The average molecular weight is 411 g/mol. The second-order valence-electron chi connectivity index (χ2n) is 8.35. The smallest absolute Gasteiger partial charge is 0.239 e. The third-order valence-electron chi connectivity index (χ3n) is 6.03. The molecule has 5 heteroatoms. The molecule has 1 N–H and O–H groups in total. The first-order valence-corrected chi connectivity index (χ1v) is 11.7. The summed E-state index contributed by atoms with van der Waals surface area (Å²) in [5, 5.41) is 3.87. The van der Waals surface area contributed by atoms with Gasteiger partial charge in [-0.1, -0.05) is 42.7 Å². The number of hydrogen-bond acceptors (Lipinski definition) is 4. The van der Waals surface area contributed by atoms with E-state index in [0.717, 1.165) is 73.3 Å². The summed E-state index contributed by atoms with van der Waals surface area (Å²) in [6.45, 7) is 4.42. The van der Waals surface area contributed by atoms with Gasteiger partial charge in [-0.2, -0.15) is 0 Å². The summed E-state index contributed by atoms with van der Waals surface area (Å²) < 4.78 is 0. The zero-order valence-electron chi connectivity index (χ0n) is 17.3. The van der Waals surface area contributed by atoms with Crippen molar-refractivity contribution >= 4 is 28.0 Å². The van der Waals surface area contributed by atoms with E-state index in [9.17, 15) is 9.59 Å². The number of nitrogens with zero attached hydrogens (tertiary/aromatic N) is 1. The van der Waals surface area contributed by atoms with Crippen LogP contribution in [0.3, 0.4) is 0 Å². The maximum atomic E-state index is 13.4. The Bertz CT molecular complexity index is 877. The van der Waals surface area contributed by atoms with Gasteiger partial charge in [-0.15, -0.1) is 11.3 Å². The van der Waals surface area contributed by atoms with Crippen molar-refractivity contribution in [1.82, 2.24) is 4.90 Å². The first kappa shape index (κ1) is 20.3. The lowest BCUT2D eigenvalue weighted by Crippen LogP contribution is -2.34. The van der Waals surface area contributed by atoms with Gasteiger partial charge in [0.1, 0.15) is 5.00 Å². The zero-order chi connectivity index (χ0) is 20.2. The normalized spacial score (nSPS) is 17.4. The highest BCUT2D eigenvalue weighted by Crippen LogP contribution is 2.39. The molecule has 0 bridgehead atoms. The van der Waals surface area contributed by atoms with E-state index < -0.39 is 0 Å². The summed E-state index contributed by atoms with van der Waals surface area (Å²) in [5.41, 5.74) is 3.74. The number of anilines is 1. The van der Waals surface area contributed by atoms with E-state index in [-0.39, 0.29) is 11.7 Å². The molecule has 2 aromatic rings. The number of carbonyl (C=O) groups excluding carboxylic acids is 2. The van der Waals surface area contributed by atoms with Gasteiger partial charge in [0.2, 0.25) is 5.91 Å². The fraction of sp³-hybridized carbons (Fsp3) is 0.500. The predicted octanol–water partition coefficient (Wildman–Crippen LogP) is 4.98. The Balaban J connectivity index is 1.57. The van der Waals surface area contributed by atoms with Crippen molar-refractivity contribution in [1.29, 1.82) is 0 Å². The zero-order valence-corrected chi connectivity index (χ0v) is 18.1. The summed E-state index contributed by atoms with van der Waals surface area (Å²) >= 11 is 1.61. The molecule has 1 amide bonds.